The van der Waals surface area contributed by atoms with Gasteiger partial charge >= 0.3 is 0 Å². The minimum absolute atomic E-state index is 0.0989. The minimum atomic E-state index is -2.83. The molecule has 0 N–H and O–H groups in total. The highest BCUT2D eigenvalue weighted by Gasteiger charge is 2.24. The van der Waals surface area contributed by atoms with Crippen molar-refractivity contribution < 1.29 is 8.42 Å². The van der Waals surface area contributed by atoms with Crippen LogP contribution in [0.5, 0.6) is 0 Å². The largest absolute Gasteiger partial charge is 0.229 e. The van der Waals surface area contributed by atoms with Gasteiger partial charge in [0.1, 0.15) is 0 Å². The summed E-state index contributed by atoms with van der Waals surface area (Å²) >= 11 is 0. The van der Waals surface area contributed by atoms with Crippen LogP contribution in [0.25, 0.3) is 0 Å². The van der Waals surface area contributed by atoms with Crippen molar-refractivity contribution in [3.63, 3.8) is 0 Å². The van der Waals surface area contributed by atoms with E-state index in [0.717, 1.165) is 6.42 Å². The first-order chi connectivity index (χ1) is 5.19. The maximum Gasteiger partial charge on any atom is 0.152 e. The van der Waals surface area contributed by atoms with Gasteiger partial charge in [0.15, 0.2) is 9.84 Å². The Morgan fingerprint density at radius 1 is 1.25 bits per heavy atom. The molecule has 0 rings (SSSR count). The number of rotatable bonds is 3. The molecule has 0 aromatic rings. The Kier molecular flexibility index (Phi) is 3.76. The highest BCUT2D eigenvalue weighted by atomic mass is 32.2. The molecule has 0 bridgehead atoms. The smallest absolute Gasteiger partial charge is 0.152 e. The molecule has 0 radical (unpaired) electrons. The Morgan fingerprint density at radius 2 is 1.67 bits per heavy atom. The van der Waals surface area contributed by atoms with Crippen LogP contribution >= 0.6 is 0 Å². The van der Waals surface area contributed by atoms with Gasteiger partial charge in [-0.2, -0.15) is 0 Å². The van der Waals surface area contributed by atoms with Crippen molar-refractivity contribution in [2.45, 2.75) is 46.3 Å². The molecule has 1 unspecified atom stereocenters. The van der Waals surface area contributed by atoms with Gasteiger partial charge in [-0.3, -0.25) is 0 Å². The molecule has 12 heavy (non-hydrogen) atoms. The molecule has 0 saturated carbocycles. The van der Waals surface area contributed by atoms with Crippen LogP contribution in [-0.2, 0) is 9.84 Å². The molecule has 0 aromatic carbocycles. The molecule has 0 aliphatic carbocycles. The van der Waals surface area contributed by atoms with Gasteiger partial charge in [-0.05, 0) is 18.8 Å². The average Bonchev–Trinajstić information content (AvgIpc) is 1.84. The standard InChI is InChI=1S/C9H20O2S/c1-6-12(10,11)8(2)7-9(3,4)5/h8H,6-7H2,1-5H3. The molecule has 74 valence electrons. The van der Waals surface area contributed by atoms with E-state index in [1.54, 1.807) is 13.8 Å². The molecule has 3 heteroatoms. The predicted molar refractivity (Wildman–Crippen MR) is 53.0 cm³/mol. The van der Waals surface area contributed by atoms with Gasteiger partial charge in [0.2, 0.25) is 0 Å². The third-order valence-corrected chi connectivity index (χ3v) is 4.11. The lowest BCUT2D eigenvalue weighted by Gasteiger charge is -2.22. The molecule has 0 aliphatic rings. The second-order valence-electron chi connectivity index (χ2n) is 4.53. The Bertz CT molecular complexity index is 221. The van der Waals surface area contributed by atoms with Crippen LogP contribution in [0.1, 0.15) is 41.0 Å². The normalized spacial score (nSPS) is 16.1. The molecule has 0 aliphatic heterocycles. The third-order valence-electron chi connectivity index (χ3n) is 1.92. The Labute approximate surface area is 76.3 Å². The van der Waals surface area contributed by atoms with E-state index in [-0.39, 0.29) is 16.4 Å². The van der Waals surface area contributed by atoms with Gasteiger partial charge in [0.25, 0.3) is 0 Å². The molecule has 1 atom stereocenters. The maximum atomic E-state index is 11.4. The van der Waals surface area contributed by atoms with Crippen molar-refractivity contribution >= 4 is 9.84 Å². The summed E-state index contributed by atoms with van der Waals surface area (Å²) in [7, 11) is -2.83. The van der Waals surface area contributed by atoms with E-state index in [9.17, 15) is 8.42 Å². The predicted octanol–water partition coefficient (Wildman–Crippen LogP) is 2.25. The minimum Gasteiger partial charge on any atom is -0.229 e. The van der Waals surface area contributed by atoms with Crippen molar-refractivity contribution in [1.82, 2.24) is 0 Å². The fourth-order valence-corrected chi connectivity index (χ4v) is 2.60. The second-order valence-corrected chi connectivity index (χ2v) is 7.23. The summed E-state index contributed by atoms with van der Waals surface area (Å²) in [6.07, 6.45) is 0.739. The zero-order valence-corrected chi connectivity index (χ0v) is 9.53. The van der Waals surface area contributed by atoms with E-state index >= 15 is 0 Å². The number of hydrogen-bond donors (Lipinski definition) is 0. The van der Waals surface area contributed by atoms with Crippen LogP contribution in [-0.4, -0.2) is 19.4 Å². The van der Waals surface area contributed by atoms with Crippen molar-refractivity contribution in [2.75, 3.05) is 5.75 Å². The first-order valence-corrected chi connectivity index (χ1v) is 6.12. The van der Waals surface area contributed by atoms with Crippen LogP contribution in [0.4, 0.5) is 0 Å². The van der Waals surface area contributed by atoms with Crippen LogP contribution in [0.3, 0.4) is 0 Å². The fraction of sp³-hybridized carbons (Fsp3) is 1.00. The van der Waals surface area contributed by atoms with Crippen LogP contribution in [0.2, 0.25) is 0 Å². The number of hydrogen-bond acceptors (Lipinski definition) is 2. The molecule has 2 nitrogen and oxygen atoms in total. The zero-order valence-electron chi connectivity index (χ0n) is 8.72. The van der Waals surface area contributed by atoms with Crippen molar-refractivity contribution in [3.8, 4) is 0 Å². The summed E-state index contributed by atoms with van der Waals surface area (Å²) in [5.41, 5.74) is 0.0989. The summed E-state index contributed by atoms with van der Waals surface area (Å²) in [6.45, 7) is 9.69. The first-order valence-electron chi connectivity index (χ1n) is 4.40. The molecule has 0 spiro atoms. The lowest BCUT2D eigenvalue weighted by molar-refractivity contribution is 0.371. The van der Waals surface area contributed by atoms with E-state index < -0.39 is 9.84 Å². The summed E-state index contributed by atoms with van der Waals surface area (Å²) < 4.78 is 22.8. The third kappa shape index (κ3) is 4.10. The van der Waals surface area contributed by atoms with Gasteiger partial charge in [0.05, 0.1) is 5.25 Å². The summed E-state index contributed by atoms with van der Waals surface area (Å²) in [5, 5.41) is -0.206. The quantitative estimate of drug-likeness (QED) is 0.687. The van der Waals surface area contributed by atoms with E-state index in [4.69, 9.17) is 0 Å². The van der Waals surface area contributed by atoms with Gasteiger partial charge in [-0.15, -0.1) is 0 Å². The van der Waals surface area contributed by atoms with Crippen LogP contribution < -0.4 is 0 Å². The van der Waals surface area contributed by atoms with E-state index in [1.807, 2.05) is 0 Å². The first kappa shape index (κ1) is 11.9. The summed E-state index contributed by atoms with van der Waals surface area (Å²) in [5.74, 6) is 0.254. The molecular weight excluding hydrogens is 172 g/mol. The van der Waals surface area contributed by atoms with Gasteiger partial charge < -0.3 is 0 Å². The topological polar surface area (TPSA) is 34.1 Å². The Balaban J connectivity index is 4.34. The molecule has 0 heterocycles. The molecular formula is C9H20O2S. The monoisotopic (exact) mass is 192 g/mol. The van der Waals surface area contributed by atoms with Gasteiger partial charge in [-0.25, -0.2) is 8.42 Å². The molecule has 0 aromatic heterocycles. The molecule has 0 amide bonds. The SMILES string of the molecule is CCS(=O)(=O)C(C)CC(C)(C)C. The van der Waals surface area contributed by atoms with Gasteiger partial charge in [-0.1, -0.05) is 27.7 Å². The van der Waals surface area contributed by atoms with E-state index in [1.165, 1.54) is 0 Å². The lowest BCUT2D eigenvalue weighted by Crippen LogP contribution is -2.25. The Hall–Kier alpha value is -0.0500. The van der Waals surface area contributed by atoms with Crippen LogP contribution in [0, 0.1) is 5.41 Å². The number of sulfone groups is 1. The maximum absolute atomic E-state index is 11.4. The highest BCUT2D eigenvalue weighted by molar-refractivity contribution is 7.91. The van der Waals surface area contributed by atoms with Crippen molar-refractivity contribution in [3.05, 3.63) is 0 Å². The molecule has 0 saturated heterocycles. The van der Waals surface area contributed by atoms with E-state index in [0.29, 0.717) is 0 Å². The average molecular weight is 192 g/mol. The fourth-order valence-electron chi connectivity index (χ4n) is 1.27. The molecule has 0 fully saturated rings. The second kappa shape index (κ2) is 3.77. The Morgan fingerprint density at radius 3 is 1.92 bits per heavy atom. The zero-order chi connectivity index (χ0) is 9.99. The summed E-state index contributed by atoms with van der Waals surface area (Å²) in [4.78, 5) is 0. The van der Waals surface area contributed by atoms with Crippen molar-refractivity contribution in [2.24, 2.45) is 5.41 Å². The van der Waals surface area contributed by atoms with Gasteiger partial charge in [0, 0.05) is 5.75 Å². The van der Waals surface area contributed by atoms with Crippen molar-refractivity contribution in [1.29, 1.82) is 0 Å². The highest BCUT2D eigenvalue weighted by Crippen LogP contribution is 2.24. The van der Waals surface area contributed by atoms with Crippen LogP contribution in [0.15, 0.2) is 0 Å². The van der Waals surface area contributed by atoms with E-state index in [2.05, 4.69) is 20.8 Å². The lowest BCUT2D eigenvalue weighted by atomic mass is 9.91. The summed E-state index contributed by atoms with van der Waals surface area (Å²) in [6, 6.07) is 0.